The molecule has 0 unspecified atom stereocenters. The van der Waals surface area contributed by atoms with Crippen LogP contribution in [0.2, 0.25) is 0 Å². The second-order valence-electron chi connectivity index (χ2n) is 4.24. The van der Waals surface area contributed by atoms with Gasteiger partial charge in [0.15, 0.2) is 0 Å². The van der Waals surface area contributed by atoms with E-state index in [1.54, 1.807) is 23.7 Å². The lowest BCUT2D eigenvalue weighted by Gasteiger charge is -2.30. The zero-order valence-electron chi connectivity index (χ0n) is 8.84. The third kappa shape index (κ3) is 1.74. The fraction of sp³-hybridized carbons (Fsp3) is 0.333. The zero-order valence-corrected chi connectivity index (χ0v) is 9.65. The highest BCUT2D eigenvalue weighted by atomic mass is 32.1. The van der Waals surface area contributed by atoms with Crippen molar-refractivity contribution in [3.63, 3.8) is 0 Å². The van der Waals surface area contributed by atoms with Crippen LogP contribution < -0.4 is 5.73 Å². The maximum atomic E-state index is 5.79. The minimum absolute atomic E-state index is 0.387. The van der Waals surface area contributed by atoms with Crippen molar-refractivity contribution < 1.29 is 0 Å². The van der Waals surface area contributed by atoms with E-state index >= 15 is 0 Å². The Morgan fingerprint density at radius 3 is 2.69 bits per heavy atom. The number of hydrogen-bond donors (Lipinski definition) is 1. The maximum Gasteiger partial charge on any atom is 0.0964 e. The molecule has 1 saturated carbocycles. The van der Waals surface area contributed by atoms with E-state index in [9.17, 15) is 0 Å². The van der Waals surface area contributed by atoms with Crippen molar-refractivity contribution in [1.82, 2.24) is 9.97 Å². The van der Waals surface area contributed by atoms with Gasteiger partial charge in [-0.1, -0.05) is 0 Å². The zero-order chi connectivity index (χ0) is 11.0. The van der Waals surface area contributed by atoms with Crippen molar-refractivity contribution in [3.8, 4) is 11.3 Å². The van der Waals surface area contributed by atoms with Crippen LogP contribution in [0.3, 0.4) is 0 Å². The van der Waals surface area contributed by atoms with Gasteiger partial charge in [0.1, 0.15) is 0 Å². The average molecular weight is 231 g/mol. The summed E-state index contributed by atoms with van der Waals surface area (Å²) in [6.45, 7) is 0. The first kappa shape index (κ1) is 9.93. The van der Waals surface area contributed by atoms with E-state index in [0.29, 0.717) is 12.0 Å². The van der Waals surface area contributed by atoms with Crippen LogP contribution >= 0.6 is 11.3 Å². The Labute approximate surface area is 98.4 Å². The van der Waals surface area contributed by atoms with E-state index in [4.69, 9.17) is 5.73 Å². The van der Waals surface area contributed by atoms with Crippen molar-refractivity contribution in [1.29, 1.82) is 0 Å². The SMILES string of the molecule is NC1CC(c2nc(-c3ccncc3)cs2)C1. The van der Waals surface area contributed by atoms with E-state index in [0.717, 1.165) is 24.1 Å². The molecule has 1 fully saturated rings. The molecule has 0 spiro atoms. The van der Waals surface area contributed by atoms with Gasteiger partial charge in [0.2, 0.25) is 0 Å². The van der Waals surface area contributed by atoms with Crippen LogP contribution in [0.25, 0.3) is 11.3 Å². The van der Waals surface area contributed by atoms with E-state index in [1.165, 1.54) is 5.01 Å². The topological polar surface area (TPSA) is 51.8 Å². The first-order chi connectivity index (χ1) is 7.83. The average Bonchev–Trinajstić information content (AvgIpc) is 2.75. The van der Waals surface area contributed by atoms with Crippen molar-refractivity contribution in [3.05, 3.63) is 34.9 Å². The summed E-state index contributed by atoms with van der Waals surface area (Å²) < 4.78 is 0. The van der Waals surface area contributed by atoms with Gasteiger partial charge in [0, 0.05) is 35.3 Å². The molecule has 4 heteroatoms. The van der Waals surface area contributed by atoms with Crippen molar-refractivity contribution in [2.45, 2.75) is 24.8 Å². The van der Waals surface area contributed by atoms with Crippen LogP contribution in [-0.2, 0) is 0 Å². The Bertz CT molecular complexity index is 474. The summed E-state index contributed by atoms with van der Waals surface area (Å²) in [7, 11) is 0. The summed E-state index contributed by atoms with van der Waals surface area (Å²) in [6.07, 6.45) is 5.77. The van der Waals surface area contributed by atoms with Gasteiger partial charge in [-0.2, -0.15) is 0 Å². The Kier molecular flexibility index (Phi) is 2.46. The third-order valence-corrected chi connectivity index (χ3v) is 4.03. The van der Waals surface area contributed by atoms with Crippen LogP contribution in [0.1, 0.15) is 23.8 Å². The number of thiazole rings is 1. The minimum atomic E-state index is 0.387. The molecule has 1 aliphatic carbocycles. The van der Waals surface area contributed by atoms with Gasteiger partial charge < -0.3 is 5.73 Å². The van der Waals surface area contributed by atoms with Crippen LogP contribution in [0.5, 0.6) is 0 Å². The summed E-state index contributed by atoms with van der Waals surface area (Å²) >= 11 is 1.74. The molecule has 1 aliphatic rings. The van der Waals surface area contributed by atoms with Gasteiger partial charge in [0.05, 0.1) is 10.7 Å². The number of hydrogen-bond acceptors (Lipinski definition) is 4. The van der Waals surface area contributed by atoms with Crippen LogP contribution in [0.4, 0.5) is 0 Å². The second kappa shape index (κ2) is 3.96. The molecule has 16 heavy (non-hydrogen) atoms. The van der Waals surface area contributed by atoms with E-state index in [2.05, 4.69) is 15.3 Å². The highest BCUT2D eigenvalue weighted by molar-refractivity contribution is 7.10. The smallest absolute Gasteiger partial charge is 0.0964 e. The van der Waals surface area contributed by atoms with Crippen molar-refractivity contribution in [2.24, 2.45) is 5.73 Å². The molecule has 82 valence electrons. The molecule has 2 aromatic rings. The molecule has 2 heterocycles. The molecule has 3 nitrogen and oxygen atoms in total. The first-order valence-electron chi connectivity index (χ1n) is 5.44. The summed E-state index contributed by atoms with van der Waals surface area (Å²) in [5.41, 5.74) is 7.99. The molecule has 0 amide bonds. The number of rotatable bonds is 2. The van der Waals surface area contributed by atoms with Crippen molar-refractivity contribution >= 4 is 11.3 Å². The first-order valence-corrected chi connectivity index (χ1v) is 6.32. The fourth-order valence-electron chi connectivity index (χ4n) is 1.99. The predicted molar refractivity (Wildman–Crippen MR) is 65.3 cm³/mol. The molecule has 0 aromatic carbocycles. The molecule has 0 aliphatic heterocycles. The van der Waals surface area contributed by atoms with Gasteiger partial charge in [-0.25, -0.2) is 4.98 Å². The molecule has 0 bridgehead atoms. The standard InChI is InChI=1S/C12H13N3S/c13-10-5-9(6-10)12-15-11(7-16-12)8-1-3-14-4-2-8/h1-4,7,9-10H,5-6,13H2. The summed E-state index contributed by atoms with van der Waals surface area (Å²) in [5.74, 6) is 0.593. The predicted octanol–water partition coefficient (Wildman–Crippen LogP) is 2.41. The van der Waals surface area contributed by atoms with E-state index in [1.807, 2.05) is 12.1 Å². The molecular formula is C12H13N3S. The lowest BCUT2D eigenvalue weighted by Crippen LogP contribution is -2.34. The van der Waals surface area contributed by atoms with Gasteiger partial charge in [-0.05, 0) is 25.0 Å². The molecule has 0 atom stereocenters. The highest BCUT2D eigenvalue weighted by Crippen LogP contribution is 2.38. The summed E-state index contributed by atoms with van der Waals surface area (Å²) in [6, 6.07) is 4.37. The minimum Gasteiger partial charge on any atom is -0.328 e. The number of aromatic nitrogens is 2. The lowest BCUT2D eigenvalue weighted by atomic mass is 9.81. The molecule has 3 rings (SSSR count). The summed E-state index contributed by atoms with van der Waals surface area (Å²) in [5, 5.41) is 3.35. The molecule has 2 aromatic heterocycles. The van der Waals surface area contributed by atoms with Crippen molar-refractivity contribution in [2.75, 3.05) is 0 Å². The Balaban J connectivity index is 1.83. The van der Waals surface area contributed by atoms with Crippen LogP contribution in [0, 0.1) is 0 Å². The largest absolute Gasteiger partial charge is 0.328 e. The molecule has 0 radical (unpaired) electrons. The van der Waals surface area contributed by atoms with Gasteiger partial charge in [0.25, 0.3) is 0 Å². The van der Waals surface area contributed by atoms with E-state index < -0.39 is 0 Å². The normalized spacial score (nSPS) is 24.1. The van der Waals surface area contributed by atoms with Crippen LogP contribution in [-0.4, -0.2) is 16.0 Å². The maximum absolute atomic E-state index is 5.79. The number of nitrogens with zero attached hydrogens (tertiary/aromatic N) is 2. The van der Waals surface area contributed by atoms with Gasteiger partial charge in [-0.3, -0.25) is 4.98 Å². The Morgan fingerprint density at radius 2 is 2.00 bits per heavy atom. The molecule has 0 saturated heterocycles. The molecular weight excluding hydrogens is 218 g/mol. The Hall–Kier alpha value is -1.26. The molecule has 2 N–H and O–H groups in total. The highest BCUT2D eigenvalue weighted by Gasteiger charge is 2.29. The van der Waals surface area contributed by atoms with Gasteiger partial charge in [-0.15, -0.1) is 11.3 Å². The quantitative estimate of drug-likeness (QED) is 0.863. The monoisotopic (exact) mass is 231 g/mol. The fourth-order valence-corrected chi connectivity index (χ4v) is 2.95. The number of nitrogens with two attached hydrogens (primary N) is 1. The Morgan fingerprint density at radius 1 is 1.25 bits per heavy atom. The summed E-state index contributed by atoms with van der Waals surface area (Å²) in [4.78, 5) is 8.68. The third-order valence-electron chi connectivity index (χ3n) is 3.02. The number of pyridine rings is 1. The van der Waals surface area contributed by atoms with Crippen LogP contribution in [0.15, 0.2) is 29.9 Å². The van der Waals surface area contributed by atoms with E-state index in [-0.39, 0.29) is 0 Å². The lowest BCUT2D eigenvalue weighted by molar-refractivity contribution is 0.351. The second-order valence-corrected chi connectivity index (χ2v) is 5.12. The van der Waals surface area contributed by atoms with Gasteiger partial charge >= 0.3 is 0 Å².